The van der Waals surface area contributed by atoms with E-state index >= 15 is 0 Å². The maximum atomic E-state index is 4.03. The first-order chi connectivity index (χ1) is 8.36. The van der Waals surface area contributed by atoms with Crippen molar-refractivity contribution in [2.75, 3.05) is 12.3 Å². The maximum absolute atomic E-state index is 4.03. The van der Waals surface area contributed by atoms with Crippen LogP contribution in [0, 0.1) is 0 Å². The molecule has 0 aliphatic carbocycles. The fourth-order valence-electron chi connectivity index (χ4n) is 1.75. The lowest BCUT2D eigenvalue weighted by Crippen LogP contribution is -2.29. The lowest BCUT2D eigenvalue weighted by Gasteiger charge is -2.16. The number of pyridine rings is 1. The highest BCUT2D eigenvalue weighted by molar-refractivity contribution is 7.99. The molecule has 1 atom stereocenters. The molecule has 1 rings (SSSR count). The van der Waals surface area contributed by atoms with Crippen LogP contribution in [0.4, 0.5) is 0 Å². The Kier molecular flexibility index (Phi) is 8.10. The molecular weight excluding hydrogens is 228 g/mol. The predicted octanol–water partition coefficient (Wildman–Crippen LogP) is 3.73. The van der Waals surface area contributed by atoms with Crippen molar-refractivity contribution in [3.05, 3.63) is 24.5 Å². The van der Waals surface area contributed by atoms with Gasteiger partial charge in [-0.1, -0.05) is 13.8 Å². The normalized spacial score (nSPS) is 12.6. The van der Waals surface area contributed by atoms with Crippen LogP contribution < -0.4 is 5.32 Å². The number of nitrogens with zero attached hydrogens (tertiary/aromatic N) is 1. The SMILES string of the molecule is CCCNC(CC)CCCSc1ccncc1. The topological polar surface area (TPSA) is 24.9 Å². The van der Waals surface area contributed by atoms with E-state index < -0.39 is 0 Å². The average molecular weight is 252 g/mol. The van der Waals surface area contributed by atoms with E-state index in [9.17, 15) is 0 Å². The molecule has 1 heterocycles. The molecule has 17 heavy (non-hydrogen) atoms. The first-order valence-electron chi connectivity index (χ1n) is 6.63. The molecular formula is C14H24N2S. The monoisotopic (exact) mass is 252 g/mol. The Morgan fingerprint density at radius 2 is 2.06 bits per heavy atom. The molecule has 1 N–H and O–H groups in total. The van der Waals surface area contributed by atoms with E-state index in [-0.39, 0.29) is 0 Å². The molecule has 1 unspecified atom stereocenters. The van der Waals surface area contributed by atoms with Gasteiger partial charge in [-0.15, -0.1) is 11.8 Å². The van der Waals surface area contributed by atoms with Crippen LogP contribution >= 0.6 is 11.8 Å². The molecule has 0 aromatic carbocycles. The van der Waals surface area contributed by atoms with Gasteiger partial charge >= 0.3 is 0 Å². The molecule has 0 saturated heterocycles. The molecule has 96 valence electrons. The minimum atomic E-state index is 0.702. The first-order valence-corrected chi connectivity index (χ1v) is 7.61. The number of rotatable bonds is 9. The van der Waals surface area contributed by atoms with Gasteiger partial charge in [-0.25, -0.2) is 0 Å². The van der Waals surface area contributed by atoms with Crippen molar-refractivity contribution >= 4 is 11.8 Å². The fourth-order valence-corrected chi connectivity index (χ4v) is 2.61. The van der Waals surface area contributed by atoms with E-state index in [0.717, 1.165) is 6.54 Å². The first kappa shape index (κ1) is 14.5. The van der Waals surface area contributed by atoms with Crippen LogP contribution in [0.15, 0.2) is 29.4 Å². The molecule has 0 aliphatic heterocycles. The van der Waals surface area contributed by atoms with E-state index in [1.807, 2.05) is 24.2 Å². The maximum Gasteiger partial charge on any atom is 0.0278 e. The van der Waals surface area contributed by atoms with E-state index in [1.54, 1.807) is 0 Å². The summed E-state index contributed by atoms with van der Waals surface area (Å²) in [5.41, 5.74) is 0. The fraction of sp³-hybridized carbons (Fsp3) is 0.643. The summed E-state index contributed by atoms with van der Waals surface area (Å²) in [6.45, 7) is 5.64. The Hall–Kier alpha value is -0.540. The number of hydrogen-bond donors (Lipinski definition) is 1. The summed E-state index contributed by atoms with van der Waals surface area (Å²) in [5, 5.41) is 3.60. The summed E-state index contributed by atoms with van der Waals surface area (Å²) in [7, 11) is 0. The van der Waals surface area contributed by atoms with Crippen molar-refractivity contribution in [1.82, 2.24) is 10.3 Å². The zero-order valence-electron chi connectivity index (χ0n) is 11.0. The summed E-state index contributed by atoms with van der Waals surface area (Å²) in [6.07, 6.45) is 8.75. The van der Waals surface area contributed by atoms with E-state index in [1.165, 1.54) is 36.3 Å². The molecule has 0 aliphatic rings. The van der Waals surface area contributed by atoms with Crippen molar-refractivity contribution in [1.29, 1.82) is 0 Å². The summed E-state index contributed by atoms with van der Waals surface area (Å²) in [5.74, 6) is 1.20. The van der Waals surface area contributed by atoms with Crippen LogP contribution in [-0.2, 0) is 0 Å². The minimum absolute atomic E-state index is 0.702. The smallest absolute Gasteiger partial charge is 0.0278 e. The van der Waals surface area contributed by atoms with Gasteiger partial charge in [0.2, 0.25) is 0 Å². The lowest BCUT2D eigenvalue weighted by atomic mass is 10.1. The molecule has 0 saturated carbocycles. The molecule has 0 bridgehead atoms. The highest BCUT2D eigenvalue weighted by Gasteiger charge is 2.04. The van der Waals surface area contributed by atoms with Crippen molar-refractivity contribution in [2.45, 2.75) is 50.5 Å². The lowest BCUT2D eigenvalue weighted by molar-refractivity contribution is 0.465. The molecule has 2 nitrogen and oxygen atoms in total. The molecule has 0 radical (unpaired) electrons. The highest BCUT2D eigenvalue weighted by atomic mass is 32.2. The molecule has 0 spiro atoms. The second-order valence-corrected chi connectivity index (χ2v) is 5.40. The molecule has 1 aromatic rings. The van der Waals surface area contributed by atoms with Crippen molar-refractivity contribution in [2.24, 2.45) is 0 Å². The molecule has 3 heteroatoms. The highest BCUT2D eigenvalue weighted by Crippen LogP contribution is 2.18. The Labute approximate surface area is 110 Å². The van der Waals surface area contributed by atoms with E-state index in [2.05, 4.69) is 36.3 Å². The standard InChI is InChI=1S/C14H24N2S/c1-3-9-16-13(4-2)6-5-12-17-14-7-10-15-11-8-14/h7-8,10-11,13,16H,3-6,9,12H2,1-2H3. The van der Waals surface area contributed by atoms with Gasteiger partial charge in [-0.05, 0) is 50.1 Å². The van der Waals surface area contributed by atoms with Gasteiger partial charge in [0.25, 0.3) is 0 Å². The Bertz CT molecular complexity index is 277. The predicted molar refractivity (Wildman–Crippen MR) is 76.6 cm³/mol. The molecule has 1 aromatic heterocycles. The third-order valence-corrected chi connectivity index (χ3v) is 3.89. The Balaban J connectivity index is 2.10. The summed E-state index contributed by atoms with van der Waals surface area (Å²) >= 11 is 1.93. The van der Waals surface area contributed by atoms with Gasteiger partial charge in [0.05, 0.1) is 0 Å². The van der Waals surface area contributed by atoms with Crippen molar-refractivity contribution in [3.8, 4) is 0 Å². The third-order valence-electron chi connectivity index (χ3n) is 2.79. The van der Waals surface area contributed by atoms with Gasteiger partial charge < -0.3 is 5.32 Å². The van der Waals surface area contributed by atoms with Gasteiger partial charge in [-0.3, -0.25) is 4.98 Å². The van der Waals surface area contributed by atoms with Gasteiger partial charge in [0, 0.05) is 23.3 Å². The van der Waals surface area contributed by atoms with Crippen LogP contribution in [-0.4, -0.2) is 23.3 Å². The number of nitrogens with one attached hydrogen (secondary N) is 1. The van der Waals surface area contributed by atoms with E-state index in [0.29, 0.717) is 6.04 Å². The van der Waals surface area contributed by atoms with Crippen LogP contribution in [0.1, 0.15) is 39.5 Å². The van der Waals surface area contributed by atoms with E-state index in [4.69, 9.17) is 0 Å². The summed E-state index contributed by atoms with van der Waals surface area (Å²) < 4.78 is 0. The van der Waals surface area contributed by atoms with Gasteiger partial charge in [0.15, 0.2) is 0 Å². The van der Waals surface area contributed by atoms with Crippen molar-refractivity contribution < 1.29 is 0 Å². The average Bonchev–Trinajstić information content (AvgIpc) is 2.39. The minimum Gasteiger partial charge on any atom is -0.314 e. The van der Waals surface area contributed by atoms with Gasteiger partial charge in [0.1, 0.15) is 0 Å². The zero-order valence-corrected chi connectivity index (χ0v) is 11.8. The zero-order chi connectivity index (χ0) is 12.3. The Morgan fingerprint density at radius 1 is 1.29 bits per heavy atom. The van der Waals surface area contributed by atoms with Crippen molar-refractivity contribution in [3.63, 3.8) is 0 Å². The van der Waals surface area contributed by atoms with Crippen LogP contribution in [0.25, 0.3) is 0 Å². The second-order valence-electron chi connectivity index (χ2n) is 4.23. The quantitative estimate of drug-likeness (QED) is 0.535. The molecule has 0 amide bonds. The third kappa shape index (κ3) is 6.69. The second kappa shape index (κ2) is 9.49. The Morgan fingerprint density at radius 3 is 2.71 bits per heavy atom. The summed E-state index contributed by atoms with van der Waals surface area (Å²) in [6, 6.07) is 4.86. The van der Waals surface area contributed by atoms with Crippen LogP contribution in [0.2, 0.25) is 0 Å². The summed E-state index contributed by atoms with van der Waals surface area (Å²) in [4.78, 5) is 5.35. The number of hydrogen-bond acceptors (Lipinski definition) is 3. The van der Waals surface area contributed by atoms with Crippen LogP contribution in [0.5, 0.6) is 0 Å². The number of aromatic nitrogens is 1. The molecule has 0 fully saturated rings. The van der Waals surface area contributed by atoms with Crippen LogP contribution in [0.3, 0.4) is 0 Å². The largest absolute Gasteiger partial charge is 0.314 e. The van der Waals surface area contributed by atoms with Gasteiger partial charge in [-0.2, -0.15) is 0 Å². The number of thioether (sulfide) groups is 1.